The van der Waals surface area contributed by atoms with Gasteiger partial charge in [0.05, 0.1) is 5.41 Å². The van der Waals surface area contributed by atoms with Gasteiger partial charge in [-0.3, -0.25) is 0 Å². The molecule has 1 N–H and O–H groups in total. The van der Waals surface area contributed by atoms with Gasteiger partial charge in [0.15, 0.2) is 0 Å². The Morgan fingerprint density at radius 1 is 1.36 bits per heavy atom. The monoisotopic (exact) mass is 154 g/mol. The summed E-state index contributed by atoms with van der Waals surface area (Å²) in [5.41, 5.74) is 0.125. The summed E-state index contributed by atoms with van der Waals surface area (Å²) in [6, 6.07) is 0. The van der Waals surface area contributed by atoms with E-state index in [4.69, 9.17) is 0 Å². The molecule has 0 aliphatic carbocycles. The zero-order valence-electron chi connectivity index (χ0n) is 7.89. The Hall–Kier alpha value is -0.860. The Morgan fingerprint density at radius 2 is 1.91 bits per heavy atom. The molecule has 0 unspecified atom stereocenters. The first kappa shape index (κ1) is 8.24. The van der Waals surface area contributed by atoms with Crippen LogP contribution in [0, 0.1) is 6.92 Å². The molecule has 1 aromatic rings. The summed E-state index contributed by atoms with van der Waals surface area (Å²) < 4.78 is 1.97. The maximum absolute atomic E-state index is 4.39. The average Bonchev–Trinajstić information content (AvgIpc) is 2.08. The molecule has 11 heavy (non-hydrogen) atoms. The lowest BCUT2D eigenvalue weighted by molar-refractivity contribution is -0.738. The lowest BCUT2D eigenvalue weighted by Crippen LogP contribution is -2.40. The molecule has 3 nitrogen and oxygen atoms in total. The minimum atomic E-state index is 0.125. The minimum Gasteiger partial charge on any atom is -0.192 e. The summed E-state index contributed by atoms with van der Waals surface area (Å²) in [6.45, 7) is 8.43. The van der Waals surface area contributed by atoms with E-state index in [1.54, 1.807) is 0 Å². The van der Waals surface area contributed by atoms with E-state index in [0.29, 0.717) is 0 Å². The van der Waals surface area contributed by atoms with Crippen molar-refractivity contribution in [3.8, 4) is 0 Å². The molecule has 0 aromatic carbocycles. The molecular weight excluding hydrogens is 138 g/mol. The molecule has 1 heterocycles. The van der Waals surface area contributed by atoms with Gasteiger partial charge in [0, 0.05) is 6.92 Å². The molecule has 0 bridgehead atoms. The molecule has 0 amide bonds. The lowest BCUT2D eigenvalue weighted by Gasteiger charge is -2.08. The molecule has 1 rings (SSSR count). The van der Waals surface area contributed by atoms with E-state index in [1.807, 2.05) is 18.7 Å². The third-order valence-electron chi connectivity index (χ3n) is 1.59. The molecule has 0 saturated carbocycles. The van der Waals surface area contributed by atoms with E-state index in [2.05, 4.69) is 30.9 Å². The van der Waals surface area contributed by atoms with Crippen molar-refractivity contribution in [3.63, 3.8) is 0 Å². The van der Waals surface area contributed by atoms with Crippen molar-refractivity contribution in [2.24, 2.45) is 7.05 Å². The number of hydrogen-bond acceptors (Lipinski definition) is 1. The summed E-state index contributed by atoms with van der Waals surface area (Å²) >= 11 is 0. The van der Waals surface area contributed by atoms with Crippen LogP contribution in [-0.4, -0.2) is 10.1 Å². The zero-order valence-corrected chi connectivity index (χ0v) is 7.89. The first-order chi connectivity index (χ1) is 4.91. The molecular formula is C8H16N3+. The fraction of sp³-hybridized carbons (Fsp3) is 0.750. The van der Waals surface area contributed by atoms with Crippen molar-refractivity contribution in [2.45, 2.75) is 33.1 Å². The standard InChI is InChI=1S/C8H15N3/c1-6-9-7(8(2,3)4)11(5)10-6/h1-5H3/p+1. The molecule has 1 aromatic heterocycles. The van der Waals surface area contributed by atoms with Gasteiger partial charge in [0.1, 0.15) is 7.05 Å². The van der Waals surface area contributed by atoms with Gasteiger partial charge in [-0.25, -0.2) is 0 Å². The van der Waals surface area contributed by atoms with Crippen LogP contribution >= 0.6 is 0 Å². The number of aromatic nitrogens is 3. The van der Waals surface area contributed by atoms with Crippen LogP contribution in [0.4, 0.5) is 0 Å². The van der Waals surface area contributed by atoms with Crippen molar-refractivity contribution in [1.29, 1.82) is 0 Å². The lowest BCUT2D eigenvalue weighted by atomic mass is 9.96. The highest BCUT2D eigenvalue weighted by atomic mass is 15.3. The Bertz CT molecular complexity index is 255. The molecule has 0 fully saturated rings. The highest BCUT2D eigenvalue weighted by molar-refractivity contribution is 4.95. The Morgan fingerprint density at radius 3 is 2.09 bits per heavy atom. The molecule has 0 radical (unpaired) electrons. The number of aromatic amines is 1. The van der Waals surface area contributed by atoms with Crippen LogP contribution in [0.2, 0.25) is 0 Å². The van der Waals surface area contributed by atoms with Crippen LogP contribution in [-0.2, 0) is 12.5 Å². The second kappa shape index (κ2) is 2.32. The molecule has 0 atom stereocenters. The summed E-state index contributed by atoms with van der Waals surface area (Å²) in [5.74, 6) is 2.06. The van der Waals surface area contributed by atoms with Crippen LogP contribution in [0.3, 0.4) is 0 Å². The topological polar surface area (TPSA) is 32.6 Å². The van der Waals surface area contributed by atoms with Crippen LogP contribution in [0.15, 0.2) is 0 Å². The summed E-state index contributed by atoms with van der Waals surface area (Å²) in [6.07, 6.45) is 0. The van der Waals surface area contributed by atoms with Crippen LogP contribution in [0.1, 0.15) is 32.4 Å². The number of nitrogens with one attached hydrogen (secondary N) is 1. The van der Waals surface area contributed by atoms with E-state index in [1.165, 1.54) is 0 Å². The van der Waals surface area contributed by atoms with E-state index < -0.39 is 0 Å². The average molecular weight is 154 g/mol. The molecule has 3 heteroatoms. The molecule has 0 aliphatic rings. The summed E-state index contributed by atoms with van der Waals surface area (Å²) in [7, 11) is 1.99. The third-order valence-corrected chi connectivity index (χ3v) is 1.59. The second-order valence-electron chi connectivity index (χ2n) is 3.94. The highest BCUT2D eigenvalue weighted by Crippen LogP contribution is 2.15. The normalized spacial score (nSPS) is 12.1. The van der Waals surface area contributed by atoms with Crippen LogP contribution < -0.4 is 4.68 Å². The Balaban J connectivity index is 3.13. The maximum atomic E-state index is 4.39. The smallest absolute Gasteiger partial charge is 0.192 e. The fourth-order valence-corrected chi connectivity index (χ4v) is 1.23. The highest BCUT2D eigenvalue weighted by Gasteiger charge is 2.28. The number of H-pyrrole nitrogens is 1. The van der Waals surface area contributed by atoms with Crippen molar-refractivity contribution in [2.75, 3.05) is 0 Å². The van der Waals surface area contributed by atoms with Crippen molar-refractivity contribution >= 4 is 0 Å². The van der Waals surface area contributed by atoms with E-state index in [0.717, 1.165) is 11.6 Å². The van der Waals surface area contributed by atoms with Crippen molar-refractivity contribution in [1.82, 2.24) is 10.1 Å². The van der Waals surface area contributed by atoms with Gasteiger partial charge in [0.2, 0.25) is 5.82 Å². The van der Waals surface area contributed by atoms with Gasteiger partial charge >= 0.3 is 5.82 Å². The van der Waals surface area contributed by atoms with E-state index >= 15 is 0 Å². The van der Waals surface area contributed by atoms with Gasteiger partial charge in [0.25, 0.3) is 0 Å². The maximum Gasteiger partial charge on any atom is 0.324 e. The number of aryl methyl sites for hydroxylation is 2. The van der Waals surface area contributed by atoms with E-state index in [9.17, 15) is 0 Å². The van der Waals surface area contributed by atoms with Crippen LogP contribution in [0.5, 0.6) is 0 Å². The van der Waals surface area contributed by atoms with Crippen molar-refractivity contribution < 1.29 is 4.68 Å². The van der Waals surface area contributed by atoms with Gasteiger partial charge in [-0.1, -0.05) is 0 Å². The molecule has 62 valence electrons. The SMILES string of the molecule is Cc1nc(C(C)(C)C)[n+](C)[nH]1. The number of nitrogens with zero attached hydrogens (tertiary/aromatic N) is 2. The van der Waals surface area contributed by atoms with Gasteiger partial charge in [-0.15, -0.1) is 0 Å². The van der Waals surface area contributed by atoms with Crippen LogP contribution in [0.25, 0.3) is 0 Å². The predicted octanol–water partition coefficient (Wildman–Crippen LogP) is 0.840. The first-order valence-corrected chi connectivity index (χ1v) is 3.84. The van der Waals surface area contributed by atoms with Gasteiger partial charge in [-0.05, 0) is 25.8 Å². The summed E-state index contributed by atoms with van der Waals surface area (Å²) in [5, 5.41) is 3.12. The summed E-state index contributed by atoms with van der Waals surface area (Å²) in [4.78, 5) is 4.39. The van der Waals surface area contributed by atoms with E-state index in [-0.39, 0.29) is 5.41 Å². The largest absolute Gasteiger partial charge is 0.324 e. The van der Waals surface area contributed by atoms with Gasteiger partial charge < -0.3 is 0 Å². The third kappa shape index (κ3) is 1.59. The Kier molecular flexibility index (Phi) is 1.74. The predicted molar refractivity (Wildman–Crippen MR) is 43.2 cm³/mol. The minimum absolute atomic E-state index is 0.125. The molecule has 0 saturated heterocycles. The number of rotatable bonds is 0. The first-order valence-electron chi connectivity index (χ1n) is 3.84. The Labute approximate surface area is 67.4 Å². The molecule has 0 aliphatic heterocycles. The molecule has 0 spiro atoms. The number of hydrogen-bond donors (Lipinski definition) is 1. The zero-order chi connectivity index (χ0) is 8.65. The second-order valence-corrected chi connectivity index (χ2v) is 3.94. The quantitative estimate of drug-likeness (QED) is 0.552. The van der Waals surface area contributed by atoms with Gasteiger partial charge in [-0.2, -0.15) is 9.78 Å². The van der Waals surface area contributed by atoms with Crippen molar-refractivity contribution in [3.05, 3.63) is 11.6 Å². The fourth-order valence-electron chi connectivity index (χ4n) is 1.23.